The van der Waals surface area contributed by atoms with Crippen LogP contribution in [-0.2, 0) is 0 Å². The summed E-state index contributed by atoms with van der Waals surface area (Å²) in [5, 5.41) is 3.65. The van der Waals surface area contributed by atoms with Crippen LogP contribution >= 0.6 is 0 Å². The van der Waals surface area contributed by atoms with Gasteiger partial charge in [0, 0.05) is 25.5 Å². The third-order valence-electron chi connectivity index (χ3n) is 7.16. The van der Waals surface area contributed by atoms with Crippen LogP contribution in [0.2, 0.25) is 0 Å². The molecule has 0 atom stereocenters. The van der Waals surface area contributed by atoms with Crippen LogP contribution in [0.1, 0.15) is 0 Å². The summed E-state index contributed by atoms with van der Waals surface area (Å²) in [5.74, 6) is 1.74. The van der Waals surface area contributed by atoms with Gasteiger partial charge in [-0.2, -0.15) is 0 Å². The lowest BCUT2D eigenvalue weighted by Gasteiger charge is -2.29. The highest BCUT2D eigenvalue weighted by Crippen LogP contribution is 2.24. The number of hydrogen-bond donors (Lipinski definition) is 1. The number of nitrogens with zero attached hydrogens (tertiary/aromatic N) is 5. The van der Waals surface area contributed by atoms with Crippen LogP contribution in [0.5, 0.6) is 0 Å². The maximum absolute atomic E-state index is 5.11. The molecule has 0 saturated heterocycles. The van der Waals surface area contributed by atoms with Gasteiger partial charge in [0.2, 0.25) is 5.96 Å². The summed E-state index contributed by atoms with van der Waals surface area (Å²) in [4.78, 5) is 11.5. The van der Waals surface area contributed by atoms with Crippen molar-refractivity contribution >= 4 is 46.0 Å². The molecule has 6 heteroatoms. The molecule has 0 unspecified atom stereocenters. The zero-order chi connectivity index (χ0) is 29.3. The lowest BCUT2D eigenvalue weighted by Crippen LogP contribution is -2.40. The maximum atomic E-state index is 5.11. The van der Waals surface area contributed by atoms with Crippen LogP contribution in [0.25, 0.3) is 0 Å². The van der Waals surface area contributed by atoms with Crippen molar-refractivity contribution in [1.29, 1.82) is 0 Å². The van der Waals surface area contributed by atoms with Gasteiger partial charge < -0.3 is 9.80 Å². The predicted molar refractivity (Wildman–Crippen MR) is 179 cm³/mol. The Balaban J connectivity index is 1.47. The molecule has 42 heavy (non-hydrogen) atoms. The van der Waals surface area contributed by atoms with E-state index < -0.39 is 0 Å². The van der Waals surface area contributed by atoms with E-state index in [1.54, 1.807) is 0 Å². The third kappa shape index (κ3) is 6.67. The minimum atomic E-state index is 0.813. The highest BCUT2D eigenvalue weighted by atomic mass is 15.4. The van der Waals surface area contributed by atoms with Crippen molar-refractivity contribution in [2.75, 3.05) is 48.2 Å². The van der Waals surface area contributed by atoms with Crippen LogP contribution < -0.4 is 20.0 Å². The van der Waals surface area contributed by atoms with Crippen LogP contribution in [0.3, 0.4) is 0 Å². The molecule has 0 spiro atoms. The second kappa shape index (κ2) is 13.3. The van der Waals surface area contributed by atoms with Gasteiger partial charge in [-0.3, -0.25) is 0 Å². The first-order valence-corrected chi connectivity index (χ1v) is 14.0. The lowest BCUT2D eigenvalue weighted by atomic mass is 10.2. The molecule has 5 rings (SSSR count). The SMILES string of the molecule is CN(C(=Nc1ccc(NC(N(C)c2ccccc2)=[N+](C)c2ccccc2)cc1)N(C)c1ccccc1)c1ccccc1. The molecule has 0 aliphatic heterocycles. The maximum Gasteiger partial charge on any atom is 0.362 e. The topological polar surface area (TPSA) is 37.1 Å². The second-order valence-electron chi connectivity index (χ2n) is 9.99. The quantitative estimate of drug-likeness (QED) is 0.132. The van der Waals surface area contributed by atoms with Gasteiger partial charge in [-0.25, -0.2) is 19.8 Å². The van der Waals surface area contributed by atoms with Crippen molar-refractivity contribution in [2.45, 2.75) is 0 Å². The van der Waals surface area contributed by atoms with Crippen molar-refractivity contribution in [3.8, 4) is 0 Å². The Morgan fingerprint density at radius 3 is 1.38 bits per heavy atom. The molecule has 0 aliphatic carbocycles. The highest BCUT2D eigenvalue weighted by Gasteiger charge is 2.21. The molecule has 0 aromatic heterocycles. The van der Waals surface area contributed by atoms with E-state index in [9.17, 15) is 0 Å². The smallest absolute Gasteiger partial charge is 0.315 e. The predicted octanol–water partition coefficient (Wildman–Crippen LogP) is 7.83. The van der Waals surface area contributed by atoms with Gasteiger partial charge in [0.25, 0.3) is 0 Å². The van der Waals surface area contributed by atoms with E-state index in [0.29, 0.717) is 0 Å². The molecule has 6 nitrogen and oxygen atoms in total. The van der Waals surface area contributed by atoms with Crippen LogP contribution in [-0.4, -0.2) is 44.7 Å². The molecule has 0 fully saturated rings. The zero-order valence-corrected chi connectivity index (χ0v) is 24.6. The molecule has 210 valence electrons. The van der Waals surface area contributed by atoms with Gasteiger partial charge in [0.05, 0.1) is 25.5 Å². The van der Waals surface area contributed by atoms with E-state index in [-0.39, 0.29) is 0 Å². The van der Waals surface area contributed by atoms with Crippen LogP contribution in [0.4, 0.5) is 34.1 Å². The molecule has 0 heterocycles. The molecule has 0 bridgehead atoms. The van der Waals surface area contributed by atoms with Gasteiger partial charge in [0.1, 0.15) is 11.4 Å². The first-order chi connectivity index (χ1) is 20.5. The molecule has 5 aromatic rings. The summed E-state index contributed by atoms with van der Waals surface area (Å²) in [7, 11) is 8.23. The van der Waals surface area contributed by atoms with E-state index in [4.69, 9.17) is 4.99 Å². The Kier molecular flexibility index (Phi) is 8.94. The minimum absolute atomic E-state index is 0.813. The van der Waals surface area contributed by atoms with Crippen LogP contribution in [0, 0.1) is 0 Å². The standard InChI is InChI=1S/C36H36N6/c1-39(31-17-9-5-10-18-31)35(40(2)32-19-11-6-12-20-32)37-29-25-27-30(28-26-29)38-36(41(3)33-21-13-7-14-22-33)42(4)34-23-15-8-16-24-34/h5-28H,1-4H3/p+1. The largest absolute Gasteiger partial charge is 0.362 e. The fourth-order valence-corrected chi connectivity index (χ4v) is 4.71. The van der Waals surface area contributed by atoms with Gasteiger partial charge in [-0.15, -0.1) is 0 Å². The van der Waals surface area contributed by atoms with Gasteiger partial charge in [-0.05, 0) is 72.8 Å². The monoisotopic (exact) mass is 553 g/mol. The van der Waals surface area contributed by atoms with E-state index in [0.717, 1.165) is 46.0 Å². The number of rotatable bonds is 6. The van der Waals surface area contributed by atoms with Crippen LogP contribution in [0.15, 0.2) is 151 Å². The lowest BCUT2D eigenvalue weighted by molar-refractivity contribution is -0.406. The molecule has 1 N–H and O–H groups in total. The number of para-hydroxylation sites is 4. The van der Waals surface area contributed by atoms with Crippen molar-refractivity contribution < 1.29 is 4.58 Å². The molecular weight excluding hydrogens is 516 g/mol. The summed E-state index contributed by atoms with van der Waals surface area (Å²) in [6.07, 6.45) is 0. The summed E-state index contributed by atoms with van der Waals surface area (Å²) < 4.78 is 2.15. The Hall–Kier alpha value is -5.36. The van der Waals surface area contributed by atoms with E-state index >= 15 is 0 Å². The summed E-state index contributed by atoms with van der Waals surface area (Å²) >= 11 is 0. The van der Waals surface area contributed by atoms with E-state index in [1.165, 1.54) is 0 Å². The van der Waals surface area contributed by atoms with E-state index in [1.807, 2.05) is 74.8 Å². The van der Waals surface area contributed by atoms with Crippen molar-refractivity contribution in [3.63, 3.8) is 0 Å². The van der Waals surface area contributed by atoms with Gasteiger partial charge in [0.15, 0.2) is 0 Å². The van der Waals surface area contributed by atoms with Crippen molar-refractivity contribution in [3.05, 3.63) is 146 Å². The summed E-state index contributed by atoms with van der Waals surface area (Å²) in [6, 6.07) is 49.5. The fourth-order valence-electron chi connectivity index (χ4n) is 4.71. The Morgan fingerprint density at radius 2 is 0.929 bits per heavy atom. The minimum Gasteiger partial charge on any atom is -0.315 e. The first kappa shape index (κ1) is 28.2. The zero-order valence-electron chi connectivity index (χ0n) is 24.6. The normalized spacial score (nSPS) is 11.2. The van der Waals surface area contributed by atoms with Crippen molar-refractivity contribution in [2.24, 2.45) is 4.99 Å². The Labute approximate surface area is 249 Å². The molecule has 5 aromatic carbocycles. The third-order valence-corrected chi connectivity index (χ3v) is 7.16. The number of guanidine groups is 2. The van der Waals surface area contributed by atoms with Gasteiger partial charge >= 0.3 is 5.96 Å². The average molecular weight is 554 g/mol. The number of benzene rings is 5. The molecular formula is C36H37N6+. The summed E-state index contributed by atoms with van der Waals surface area (Å²) in [5.41, 5.74) is 6.11. The Bertz CT molecular complexity index is 1570. The molecule has 0 radical (unpaired) electrons. The second-order valence-corrected chi connectivity index (χ2v) is 9.99. The first-order valence-electron chi connectivity index (χ1n) is 14.0. The van der Waals surface area contributed by atoms with Gasteiger partial charge in [-0.1, -0.05) is 72.8 Å². The summed E-state index contributed by atoms with van der Waals surface area (Å²) in [6.45, 7) is 0. The molecule has 0 saturated carbocycles. The number of aliphatic imine (C=N–C) groups is 1. The number of nitrogens with one attached hydrogen (secondary N) is 1. The fraction of sp³-hybridized carbons (Fsp3) is 0.111. The number of anilines is 4. The molecule has 0 aliphatic rings. The van der Waals surface area contributed by atoms with Crippen molar-refractivity contribution in [1.82, 2.24) is 0 Å². The Morgan fingerprint density at radius 1 is 0.524 bits per heavy atom. The number of hydrogen-bond acceptors (Lipinski definition) is 1. The average Bonchev–Trinajstić information content (AvgIpc) is 3.07. The van der Waals surface area contributed by atoms with E-state index in [2.05, 4.69) is 124 Å². The molecule has 0 amide bonds. The highest BCUT2D eigenvalue weighted by molar-refractivity contribution is 6.07.